The highest BCUT2D eigenvalue weighted by molar-refractivity contribution is 7.10. The Morgan fingerprint density at radius 3 is 2.45 bits per heavy atom. The molecule has 8 nitrogen and oxygen atoms in total. The minimum absolute atomic E-state index is 0.0391. The van der Waals surface area contributed by atoms with Crippen LogP contribution in [0.5, 0.6) is 0 Å². The summed E-state index contributed by atoms with van der Waals surface area (Å²) in [7, 11) is 0. The first-order chi connectivity index (χ1) is 18.4. The number of benzene rings is 2. The van der Waals surface area contributed by atoms with Gasteiger partial charge in [0.15, 0.2) is 0 Å². The first-order valence-electron chi connectivity index (χ1n) is 13.1. The fourth-order valence-corrected chi connectivity index (χ4v) is 6.45. The molecular weight excluding hydrogens is 500 g/mol. The molecule has 2 aliphatic heterocycles. The molecule has 198 valence electrons. The standard InChI is InChI=1S/C29H32N4O4S/c1-21-5-2-3-6-24(21)28-25-13-20-38-26(25)11-16-31(28)17-12-27(34)30-14-4-15-32(19-18-30)29(35)22-7-9-23(10-8-22)33(36)37/h2-3,5-10,13,20,28H,4,11-12,14-19H2,1H3/t28-/m1/s1. The quantitative estimate of drug-likeness (QED) is 0.340. The molecule has 0 unspecified atom stereocenters. The molecule has 0 saturated carbocycles. The Morgan fingerprint density at radius 1 is 0.947 bits per heavy atom. The van der Waals surface area contributed by atoms with Crippen molar-refractivity contribution in [1.82, 2.24) is 14.7 Å². The maximum absolute atomic E-state index is 13.3. The lowest BCUT2D eigenvalue weighted by Crippen LogP contribution is -2.41. The van der Waals surface area contributed by atoms with Gasteiger partial charge in [0.2, 0.25) is 5.91 Å². The maximum Gasteiger partial charge on any atom is 0.269 e. The Hall–Kier alpha value is -3.56. The summed E-state index contributed by atoms with van der Waals surface area (Å²) in [4.78, 5) is 44.2. The van der Waals surface area contributed by atoms with Crippen LogP contribution in [0.3, 0.4) is 0 Å². The van der Waals surface area contributed by atoms with E-state index in [-0.39, 0.29) is 23.5 Å². The minimum atomic E-state index is -0.476. The number of carbonyl (C=O) groups excluding carboxylic acids is 2. The molecule has 1 saturated heterocycles. The number of nitro groups is 1. The molecule has 1 fully saturated rings. The Kier molecular flexibility index (Phi) is 7.85. The molecule has 3 aromatic rings. The van der Waals surface area contributed by atoms with Gasteiger partial charge in [0.1, 0.15) is 0 Å². The van der Waals surface area contributed by atoms with Crippen LogP contribution in [-0.2, 0) is 11.2 Å². The molecule has 38 heavy (non-hydrogen) atoms. The second kappa shape index (κ2) is 11.4. The van der Waals surface area contributed by atoms with Crippen LogP contribution in [0.4, 0.5) is 5.69 Å². The highest BCUT2D eigenvalue weighted by atomic mass is 32.1. The number of hydrogen-bond acceptors (Lipinski definition) is 6. The predicted molar refractivity (Wildman–Crippen MR) is 147 cm³/mol. The van der Waals surface area contributed by atoms with Crippen LogP contribution in [0.25, 0.3) is 0 Å². The summed E-state index contributed by atoms with van der Waals surface area (Å²) in [5.41, 5.74) is 4.31. The van der Waals surface area contributed by atoms with Gasteiger partial charge in [-0.25, -0.2) is 0 Å². The van der Waals surface area contributed by atoms with Crippen molar-refractivity contribution < 1.29 is 14.5 Å². The van der Waals surface area contributed by atoms with Crippen LogP contribution >= 0.6 is 11.3 Å². The molecule has 0 bridgehead atoms. The number of amides is 2. The maximum atomic E-state index is 13.3. The van der Waals surface area contributed by atoms with Crippen LogP contribution in [0, 0.1) is 17.0 Å². The highest BCUT2D eigenvalue weighted by Crippen LogP contribution is 2.38. The molecule has 1 atom stereocenters. The number of carbonyl (C=O) groups is 2. The van der Waals surface area contributed by atoms with Crippen molar-refractivity contribution in [2.24, 2.45) is 0 Å². The van der Waals surface area contributed by atoms with Gasteiger partial charge < -0.3 is 9.80 Å². The summed E-state index contributed by atoms with van der Waals surface area (Å²) in [5.74, 6) is -0.0376. The third kappa shape index (κ3) is 5.49. The molecular formula is C29H32N4O4S. The molecule has 0 aliphatic carbocycles. The largest absolute Gasteiger partial charge is 0.341 e. The van der Waals surface area contributed by atoms with E-state index in [0.29, 0.717) is 51.1 Å². The second-order valence-electron chi connectivity index (χ2n) is 9.92. The highest BCUT2D eigenvalue weighted by Gasteiger charge is 2.31. The fraction of sp³-hybridized carbons (Fsp3) is 0.379. The molecule has 0 N–H and O–H groups in total. The first kappa shape index (κ1) is 26.1. The summed E-state index contributed by atoms with van der Waals surface area (Å²) < 4.78 is 0. The summed E-state index contributed by atoms with van der Waals surface area (Å²) in [5, 5.41) is 13.1. The van der Waals surface area contributed by atoms with Gasteiger partial charge in [-0.3, -0.25) is 24.6 Å². The van der Waals surface area contributed by atoms with Gasteiger partial charge in [0, 0.05) is 68.3 Å². The van der Waals surface area contributed by atoms with Crippen molar-refractivity contribution in [2.75, 3.05) is 39.3 Å². The van der Waals surface area contributed by atoms with E-state index in [1.807, 2.05) is 16.2 Å². The average molecular weight is 533 g/mol. The fourth-order valence-electron chi connectivity index (χ4n) is 5.54. The number of hydrogen-bond donors (Lipinski definition) is 0. The molecule has 0 spiro atoms. The number of fused-ring (bicyclic) bond motifs is 1. The number of nitrogens with zero attached hydrogens (tertiary/aromatic N) is 4. The van der Waals surface area contributed by atoms with Crippen molar-refractivity contribution in [1.29, 1.82) is 0 Å². The van der Waals surface area contributed by atoms with Gasteiger partial charge >= 0.3 is 0 Å². The zero-order chi connectivity index (χ0) is 26.6. The van der Waals surface area contributed by atoms with E-state index in [1.165, 1.54) is 45.8 Å². The molecule has 1 aromatic heterocycles. The molecule has 2 amide bonds. The monoisotopic (exact) mass is 532 g/mol. The normalized spacial score (nSPS) is 18.1. The average Bonchev–Trinajstić information content (AvgIpc) is 3.27. The molecule has 2 aliphatic rings. The number of non-ortho nitro benzene ring substituents is 1. The predicted octanol–water partition coefficient (Wildman–Crippen LogP) is 4.68. The van der Waals surface area contributed by atoms with Crippen molar-refractivity contribution in [3.63, 3.8) is 0 Å². The van der Waals surface area contributed by atoms with Crippen LogP contribution in [0.15, 0.2) is 60.0 Å². The zero-order valence-electron chi connectivity index (χ0n) is 21.5. The number of thiophene rings is 1. The smallest absolute Gasteiger partial charge is 0.269 e. The minimum Gasteiger partial charge on any atom is -0.341 e. The molecule has 3 heterocycles. The summed E-state index contributed by atoms with van der Waals surface area (Å²) in [6, 6.07) is 16.6. The summed E-state index contributed by atoms with van der Waals surface area (Å²) in [6.45, 7) is 5.90. The summed E-state index contributed by atoms with van der Waals surface area (Å²) >= 11 is 1.82. The lowest BCUT2D eigenvalue weighted by Gasteiger charge is -2.37. The lowest BCUT2D eigenvalue weighted by atomic mass is 9.90. The molecule has 5 rings (SSSR count). The van der Waals surface area contributed by atoms with Crippen molar-refractivity contribution in [3.05, 3.63) is 97.2 Å². The Morgan fingerprint density at radius 2 is 1.68 bits per heavy atom. The van der Waals surface area contributed by atoms with Crippen molar-refractivity contribution >= 4 is 28.8 Å². The first-order valence-corrected chi connectivity index (χ1v) is 14.0. The molecule has 9 heteroatoms. The number of aryl methyl sites for hydroxylation is 1. The Balaban J connectivity index is 1.20. The zero-order valence-corrected chi connectivity index (χ0v) is 22.4. The third-order valence-electron chi connectivity index (χ3n) is 7.62. The van der Waals surface area contributed by atoms with Crippen LogP contribution in [0.1, 0.15) is 50.8 Å². The van der Waals surface area contributed by atoms with Crippen molar-refractivity contribution in [2.45, 2.75) is 32.2 Å². The van der Waals surface area contributed by atoms with Gasteiger partial charge in [-0.1, -0.05) is 24.3 Å². The van der Waals surface area contributed by atoms with Gasteiger partial charge in [-0.05, 0) is 60.0 Å². The third-order valence-corrected chi connectivity index (χ3v) is 8.62. The van der Waals surface area contributed by atoms with E-state index in [0.717, 1.165) is 13.0 Å². The SMILES string of the molecule is Cc1ccccc1[C@@H]1c2ccsc2CCN1CCC(=O)N1CCCN(C(=O)c2ccc([N+](=O)[O-])cc2)CC1. The van der Waals surface area contributed by atoms with Gasteiger partial charge in [-0.15, -0.1) is 11.3 Å². The van der Waals surface area contributed by atoms with E-state index < -0.39 is 4.92 Å². The van der Waals surface area contributed by atoms with Crippen LogP contribution in [-0.4, -0.2) is 70.7 Å². The van der Waals surface area contributed by atoms with E-state index in [4.69, 9.17) is 0 Å². The van der Waals surface area contributed by atoms with Crippen LogP contribution < -0.4 is 0 Å². The number of nitro benzene ring substituents is 1. The number of rotatable bonds is 6. The topological polar surface area (TPSA) is 87.0 Å². The van der Waals surface area contributed by atoms with Crippen LogP contribution in [0.2, 0.25) is 0 Å². The van der Waals surface area contributed by atoms with E-state index in [2.05, 4.69) is 47.5 Å². The second-order valence-corrected chi connectivity index (χ2v) is 10.9. The lowest BCUT2D eigenvalue weighted by molar-refractivity contribution is -0.384. The van der Waals surface area contributed by atoms with Crippen molar-refractivity contribution in [3.8, 4) is 0 Å². The summed E-state index contributed by atoms with van der Waals surface area (Å²) in [6.07, 6.45) is 2.16. The Bertz CT molecular complexity index is 1320. The van der Waals surface area contributed by atoms with Gasteiger partial charge in [-0.2, -0.15) is 0 Å². The van der Waals surface area contributed by atoms with Gasteiger partial charge in [0.25, 0.3) is 11.6 Å². The molecule has 2 aromatic carbocycles. The molecule has 0 radical (unpaired) electrons. The van der Waals surface area contributed by atoms with Gasteiger partial charge in [0.05, 0.1) is 11.0 Å². The Labute approximate surface area is 226 Å². The van der Waals surface area contributed by atoms with E-state index in [9.17, 15) is 19.7 Å². The van der Waals surface area contributed by atoms with E-state index in [1.54, 1.807) is 4.90 Å². The van der Waals surface area contributed by atoms with E-state index >= 15 is 0 Å².